The molecule has 0 unspecified atom stereocenters. The Morgan fingerprint density at radius 3 is 2.35 bits per heavy atom. The van der Waals surface area contributed by atoms with Crippen LogP contribution in [-0.2, 0) is 14.6 Å². The summed E-state index contributed by atoms with van der Waals surface area (Å²) < 4.78 is 23.3. The van der Waals surface area contributed by atoms with Gasteiger partial charge in [-0.2, -0.15) is 0 Å². The second-order valence-corrected chi connectivity index (χ2v) is 8.40. The smallest absolute Gasteiger partial charge is 0.242 e. The van der Waals surface area contributed by atoms with E-state index in [0.29, 0.717) is 19.5 Å². The number of piperazine rings is 1. The summed E-state index contributed by atoms with van der Waals surface area (Å²) in [4.78, 5) is 16.7. The molecular formula is C13H25N3O3S. The standard InChI is InChI=1S/C13H25N3O3S/c1-13(2,16-7-4-14-5-8-16)12(17)15-6-3-10-20(18,19)11-9-15/h14H,3-11H2,1-2H3. The lowest BCUT2D eigenvalue weighted by Gasteiger charge is -2.42. The Balaban J connectivity index is 2.05. The van der Waals surface area contributed by atoms with Crippen molar-refractivity contribution in [3.8, 4) is 0 Å². The first-order valence-electron chi connectivity index (χ1n) is 7.28. The molecule has 20 heavy (non-hydrogen) atoms. The SMILES string of the molecule is CC(C)(C(=O)N1CCCS(=O)(=O)CC1)N1CCNCC1. The van der Waals surface area contributed by atoms with E-state index in [1.807, 2.05) is 13.8 Å². The van der Waals surface area contributed by atoms with Crippen LogP contribution in [0.5, 0.6) is 0 Å². The van der Waals surface area contributed by atoms with Crippen LogP contribution in [0.1, 0.15) is 20.3 Å². The maximum Gasteiger partial charge on any atom is 0.242 e. The first-order valence-corrected chi connectivity index (χ1v) is 9.11. The maximum atomic E-state index is 12.8. The second kappa shape index (κ2) is 5.99. The Morgan fingerprint density at radius 1 is 1.05 bits per heavy atom. The van der Waals surface area contributed by atoms with Gasteiger partial charge in [0.15, 0.2) is 9.84 Å². The van der Waals surface area contributed by atoms with E-state index in [4.69, 9.17) is 0 Å². The molecule has 2 aliphatic rings. The van der Waals surface area contributed by atoms with Gasteiger partial charge in [-0.1, -0.05) is 0 Å². The molecule has 2 fully saturated rings. The van der Waals surface area contributed by atoms with Crippen LogP contribution in [0.2, 0.25) is 0 Å². The van der Waals surface area contributed by atoms with Crippen LogP contribution in [-0.4, -0.2) is 80.4 Å². The summed E-state index contributed by atoms with van der Waals surface area (Å²) in [6, 6.07) is 0. The number of carbonyl (C=O) groups excluding carboxylic acids is 1. The van der Waals surface area contributed by atoms with Crippen LogP contribution in [0.4, 0.5) is 0 Å². The first kappa shape index (κ1) is 15.7. The van der Waals surface area contributed by atoms with Crippen LogP contribution in [0.25, 0.3) is 0 Å². The summed E-state index contributed by atoms with van der Waals surface area (Å²) in [5.74, 6) is 0.345. The third-order valence-corrected chi connectivity index (χ3v) is 5.99. The van der Waals surface area contributed by atoms with Crippen molar-refractivity contribution in [1.82, 2.24) is 15.1 Å². The molecule has 2 saturated heterocycles. The Hall–Kier alpha value is -0.660. The van der Waals surface area contributed by atoms with E-state index in [9.17, 15) is 13.2 Å². The quantitative estimate of drug-likeness (QED) is 0.732. The molecule has 2 rings (SSSR count). The molecule has 7 heteroatoms. The minimum atomic E-state index is -2.97. The summed E-state index contributed by atoms with van der Waals surface area (Å²) in [7, 11) is -2.97. The number of hydrogen-bond donors (Lipinski definition) is 1. The maximum absolute atomic E-state index is 12.8. The van der Waals surface area contributed by atoms with Gasteiger partial charge in [0.25, 0.3) is 0 Å². The highest BCUT2D eigenvalue weighted by Crippen LogP contribution is 2.20. The Kier molecular flexibility index (Phi) is 4.71. The number of nitrogens with zero attached hydrogens (tertiary/aromatic N) is 2. The Morgan fingerprint density at radius 2 is 1.70 bits per heavy atom. The van der Waals surface area contributed by atoms with E-state index in [1.165, 1.54) is 0 Å². The number of hydrogen-bond acceptors (Lipinski definition) is 5. The summed E-state index contributed by atoms with van der Waals surface area (Å²) in [5.41, 5.74) is -0.559. The third-order valence-electron chi connectivity index (χ3n) is 4.27. The van der Waals surface area contributed by atoms with Crippen LogP contribution >= 0.6 is 0 Å². The molecular weight excluding hydrogens is 278 g/mol. The fourth-order valence-electron chi connectivity index (χ4n) is 2.89. The molecule has 116 valence electrons. The molecule has 2 heterocycles. The Labute approximate surface area is 121 Å². The first-order chi connectivity index (χ1) is 9.33. The molecule has 0 atom stereocenters. The molecule has 0 radical (unpaired) electrons. The Bertz CT molecular complexity index is 455. The van der Waals surface area contributed by atoms with E-state index in [1.54, 1.807) is 4.90 Å². The van der Waals surface area contributed by atoms with Crippen LogP contribution in [0.3, 0.4) is 0 Å². The zero-order valence-electron chi connectivity index (χ0n) is 12.4. The largest absolute Gasteiger partial charge is 0.340 e. The zero-order valence-corrected chi connectivity index (χ0v) is 13.2. The van der Waals surface area contributed by atoms with Crippen molar-refractivity contribution < 1.29 is 13.2 Å². The summed E-state index contributed by atoms with van der Waals surface area (Å²) >= 11 is 0. The number of nitrogens with one attached hydrogen (secondary N) is 1. The van der Waals surface area contributed by atoms with Crippen LogP contribution in [0, 0.1) is 0 Å². The van der Waals surface area contributed by atoms with Crippen molar-refractivity contribution >= 4 is 15.7 Å². The highest BCUT2D eigenvalue weighted by molar-refractivity contribution is 7.91. The van der Waals surface area contributed by atoms with Crippen molar-refractivity contribution in [2.45, 2.75) is 25.8 Å². The molecule has 0 aromatic carbocycles. The van der Waals surface area contributed by atoms with Gasteiger partial charge in [0, 0.05) is 39.3 Å². The highest BCUT2D eigenvalue weighted by Gasteiger charge is 2.38. The van der Waals surface area contributed by atoms with Crippen molar-refractivity contribution in [2.75, 3.05) is 50.8 Å². The van der Waals surface area contributed by atoms with Crippen molar-refractivity contribution in [3.63, 3.8) is 0 Å². The lowest BCUT2D eigenvalue weighted by atomic mass is 9.99. The minimum absolute atomic E-state index is 0.0523. The van der Waals surface area contributed by atoms with Gasteiger partial charge >= 0.3 is 0 Å². The van der Waals surface area contributed by atoms with Crippen LogP contribution in [0.15, 0.2) is 0 Å². The normalized spacial score (nSPS) is 25.2. The van der Waals surface area contributed by atoms with E-state index in [-0.39, 0.29) is 17.4 Å². The van der Waals surface area contributed by atoms with Gasteiger partial charge in [-0.15, -0.1) is 0 Å². The number of sulfone groups is 1. The summed E-state index contributed by atoms with van der Waals surface area (Å²) in [5, 5.41) is 3.28. The van der Waals surface area contributed by atoms with Crippen LogP contribution < -0.4 is 5.32 Å². The molecule has 2 aliphatic heterocycles. The van der Waals surface area contributed by atoms with Gasteiger partial charge in [0.05, 0.1) is 17.0 Å². The lowest BCUT2D eigenvalue weighted by Crippen LogP contribution is -2.60. The average molecular weight is 303 g/mol. The van der Waals surface area contributed by atoms with E-state index >= 15 is 0 Å². The molecule has 1 amide bonds. The fourth-order valence-corrected chi connectivity index (χ4v) is 4.16. The zero-order chi connectivity index (χ0) is 14.8. The molecule has 6 nitrogen and oxygen atoms in total. The molecule has 0 aromatic rings. The second-order valence-electron chi connectivity index (χ2n) is 6.09. The van der Waals surface area contributed by atoms with Gasteiger partial charge < -0.3 is 10.2 Å². The number of amides is 1. The number of rotatable bonds is 2. The monoisotopic (exact) mass is 303 g/mol. The van der Waals surface area contributed by atoms with Gasteiger partial charge in [0.1, 0.15) is 0 Å². The molecule has 0 bridgehead atoms. The molecule has 0 aromatic heterocycles. The lowest BCUT2D eigenvalue weighted by molar-refractivity contribution is -0.142. The highest BCUT2D eigenvalue weighted by atomic mass is 32.2. The molecule has 0 aliphatic carbocycles. The predicted octanol–water partition coefficient (Wildman–Crippen LogP) is -0.683. The van der Waals surface area contributed by atoms with Crippen molar-refractivity contribution in [2.24, 2.45) is 0 Å². The molecule has 1 N–H and O–H groups in total. The predicted molar refractivity (Wildman–Crippen MR) is 78.4 cm³/mol. The minimum Gasteiger partial charge on any atom is -0.340 e. The fraction of sp³-hybridized carbons (Fsp3) is 0.923. The van der Waals surface area contributed by atoms with Crippen molar-refractivity contribution in [3.05, 3.63) is 0 Å². The van der Waals surface area contributed by atoms with E-state index in [2.05, 4.69) is 10.2 Å². The van der Waals surface area contributed by atoms with Gasteiger partial charge in [0.2, 0.25) is 5.91 Å². The third kappa shape index (κ3) is 3.51. The topological polar surface area (TPSA) is 69.7 Å². The summed E-state index contributed by atoms with van der Waals surface area (Å²) in [6.07, 6.45) is 0.547. The van der Waals surface area contributed by atoms with E-state index < -0.39 is 15.4 Å². The molecule has 0 saturated carbocycles. The van der Waals surface area contributed by atoms with E-state index in [0.717, 1.165) is 26.2 Å². The van der Waals surface area contributed by atoms with Gasteiger partial charge in [-0.3, -0.25) is 9.69 Å². The van der Waals surface area contributed by atoms with Gasteiger partial charge in [-0.05, 0) is 20.3 Å². The number of carbonyl (C=O) groups is 1. The van der Waals surface area contributed by atoms with Gasteiger partial charge in [-0.25, -0.2) is 8.42 Å². The molecule has 0 spiro atoms. The average Bonchev–Trinajstić information content (AvgIpc) is 2.60. The van der Waals surface area contributed by atoms with Crippen molar-refractivity contribution in [1.29, 1.82) is 0 Å². The summed E-state index contributed by atoms with van der Waals surface area (Å²) in [6.45, 7) is 8.26.